The minimum absolute atomic E-state index is 0.00743. The summed E-state index contributed by atoms with van der Waals surface area (Å²) in [6.45, 7) is 1.89. The summed E-state index contributed by atoms with van der Waals surface area (Å²) in [4.78, 5) is 17.8. The molecule has 0 spiro atoms. The van der Waals surface area contributed by atoms with Gasteiger partial charge in [-0.15, -0.1) is 0 Å². The number of carbonyl (C=O) groups excluding carboxylic acids is 1. The molecular weight excluding hydrogens is 371 g/mol. The van der Waals surface area contributed by atoms with Crippen molar-refractivity contribution in [2.75, 3.05) is 26.3 Å². The second-order valence-electron chi connectivity index (χ2n) is 7.78. The first-order chi connectivity index (χ1) is 14.2. The maximum atomic E-state index is 15.1. The molecule has 5 nitrogen and oxygen atoms in total. The molecule has 150 valence electrons. The van der Waals surface area contributed by atoms with Crippen LogP contribution in [0.3, 0.4) is 0 Å². The summed E-state index contributed by atoms with van der Waals surface area (Å²) >= 11 is 0. The van der Waals surface area contributed by atoms with Crippen molar-refractivity contribution >= 4 is 16.7 Å². The molecule has 1 aromatic heterocycles. The van der Waals surface area contributed by atoms with Crippen molar-refractivity contribution in [2.24, 2.45) is 0 Å². The normalized spacial score (nSPS) is 19.8. The van der Waals surface area contributed by atoms with E-state index in [1.807, 2.05) is 30.3 Å². The van der Waals surface area contributed by atoms with Crippen molar-refractivity contribution in [3.63, 3.8) is 0 Å². The van der Waals surface area contributed by atoms with Crippen molar-refractivity contribution in [1.29, 1.82) is 0 Å². The molecule has 2 aromatic carbocycles. The third-order valence-corrected chi connectivity index (χ3v) is 6.11. The van der Waals surface area contributed by atoms with Gasteiger partial charge in [-0.25, -0.2) is 4.39 Å². The average Bonchev–Trinajstić information content (AvgIpc) is 3.28. The SMILES string of the molecule is O=C1COCc2c(-c3ccc(C4CCCN4CCO)c(F)c3)[nH]c3cccc1c23. The molecule has 2 aliphatic rings. The van der Waals surface area contributed by atoms with Gasteiger partial charge < -0.3 is 14.8 Å². The number of ketones is 1. The van der Waals surface area contributed by atoms with Crippen LogP contribution in [-0.2, 0) is 11.3 Å². The lowest BCUT2D eigenvalue weighted by Crippen LogP contribution is -2.27. The van der Waals surface area contributed by atoms with Crippen LogP contribution in [0.1, 0.15) is 40.4 Å². The van der Waals surface area contributed by atoms with E-state index >= 15 is 4.39 Å². The van der Waals surface area contributed by atoms with Crippen LogP contribution in [-0.4, -0.2) is 47.1 Å². The minimum atomic E-state index is -0.242. The van der Waals surface area contributed by atoms with Gasteiger partial charge in [0.15, 0.2) is 5.78 Å². The van der Waals surface area contributed by atoms with Gasteiger partial charge in [-0.3, -0.25) is 9.69 Å². The monoisotopic (exact) mass is 394 g/mol. The Morgan fingerprint density at radius 2 is 2.14 bits per heavy atom. The van der Waals surface area contributed by atoms with E-state index in [9.17, 15) is 9.90 Å². The summed E-state index contributed by atoms with van der Waals surface area (Å²) in [6.07, 6.45) is 1.90. The molecule has 29 heavy (non-hydrogen) atoms. The Morgan fingerprint density at radius 3 is 2.97 bits per heavy atom. The van der Waals surface area contributed by atoms with Crippen LogP contribution in [0.4, 0.5) is 4.39 Å². The average molecular weight is 394 g/mol. The van der Waals surface area contributed by atoms with Gasteiger partial charge in [0.2, 0.25) is 0 Å². The van der Waals surface area contributed by atoms with E-state index in [2.05, 4.69) is 9.88 Å². The van der Waals surface area contributed by atoms with Gasteiger partial charge in [-0.2, -0.15) is 0 Å². The van der Waals surface area contributed by atoms with Crippen molar-refractivity contribution in [2.45, 2.75) is 25.5 Å². The number of rotatable bonds is 4. The van der Waals surface area contributed by atoms with Gasteiger partial charge in [0.05, 0.1) is 18.9 Å². The third-order valence-electron chi connectivity index (χ3n) is 6.11. The lowest BCUT2D eigenvalue weighted by Gasteiger charge is -2.24. The van der Waals surface area contributed by atoms with Crippen LogP contribution >= 0.6 is 0 Å². The molecule has 0 radical (unpaired) electrons. The molecule has 3 aromatic rings. The van der Waals surface area contributed by atoms with Gasteiger partial charge >= 0.3 is 0 Å². The molecule has 6 heteroatoms. The van der Waals surface area contributed by atoms with Gasteiger partial charge in [-0.05, 0) is 31.5 Å². The molecule has 1 fully saturated rings. The number of aromatic amines is 1. The summed E-state index contributed by atoms with van der Waals surface area (Å²) in [5.41, 5.74) is 4.63. The number of carbonyl (C=O) groups is 1. The number of nitrogens with one attached hydrogen (secondary N) is 1. The molecule has 0 amide bonds. The lowest BCUT2D eigenvalue weighted by atomic mass is 9.98. The highest BCUT2D eigenvalue weighted by atomic mass is 19.1. The minimum Gasteiger partial charge on any atom is -0.395 e. The third kappa shape index (κ3) is 3.08. The van der Waals surface area contributed by atoms with E-state index in [1.165, 1.54) is 0 Å². The van der Waals surface area contributed by atoms with Gasteiger partial charge in [-0.1, -0.05) is 24.3 Å². The Balaban J connectivity index is 1.58. The van der Waals surface area contributed by atoms with E-state index in [0.29, 0.717) is 24.3 Å². The predicted molar refractivity (Wildman–Crippen MR) is 108 cm³/mol. The number of halogens is 1. The maximum absolute atomic E-state index is 15.1. The number of aliphatic hydroxyl groups excluding tert-OH is 1. The number of aliphatic hydroxyl groups is 1. The number of likely N-dealkylation sites (tertiary alicyclic amines) is 1. The molecule has 0 aliphatic carbocycles. The van der Waals surface area contributed by atoms with Gasteiger partial charge in [0.1, 0.15) is 12.4 Å². The highest BCUT2D eigenvalue weighted by Crippen LogP contribution is 2.38. The highest BCUT2D eigenvalue weighted by Gasteiger charge is 2.28. The first-order valence-corrected chi connectivity index (χ1v) is 10.1. The molecule has 2 N–H and O–H groups in total. The van der Waals surface area contributed by atoms with Crippen molar-refractivity contribution < 1.29 is 19.0 Å². The molecule has 1 saturated heterocycles. The Bertz CT molecular complexity index is 1090. The summed E-state index contributed by atoms with van der Waals surface area (Å²) in [5, 5.41) is 10.1. The summed E-state index contributed by atoms with van der Waals surface area (Å²) in [5.74, 6) is -0.277. The van der Waals surface area contributed by atoms with Gasteiger partial charge in [0.25, 0.3) is 0 Å². The van der Waals surface area contributed by atoms with Crippen molar-refractivity contribution in [1.82, 2.24) is 9.88 Å². The highest BCUT2D eigenvalue weighted by molar-refractivity contribution is 6.11. The second-order valence-corrected chi connectivity index (χ2v) is 7.78. The van der Waals surface area contributed by atoms with E-state index in [4.69, 9.17) is 4.74 Å². The molecule has 2 aliphatic heterocycles. The summed E-state index contributed by atoms with van der Waals surface area (Å²) in [7, 11) is 0. The zero-order chi connectivity index (χ0) is 20.0. The number of aromatic nitrogens is 1. The maximum Gasteiger partial charge on any atom is 0.189 e. The van der Waals surface area contributed by atoms with Crippen LogP contribution in [0, 0.1) is 5.82 Å². The molecule has 1 unspecified atom stereocenters. The second kappa shape index (κ2) is 7.37. The van der Waals surface area contributed by atoms with Gasteiger partial charge in [0, 0.05) is 45.7 Å². The Kier molecular flexibility index (Phi) is 4.70. The van der Waals surface area contributed by atoms with Crippen LogP contribution < -0.4 is 0 Å². The van der Waals surface area contributed by atoms with Crippen LogP contribution in [0.5, 0.6) is 0 Å². The number of hydrogen-bond donors (Lipinski definition) is 2. The van der Waals surface area contributed by atoms with Crippen molar-refractivity contribution in [3.8, 4) is 11.3 Å². The number of benzene rings is 2. The molecule has 0 saturated carbocycles. The summed E-state index contributed by atoms with van der Waals surface area (Å²) in [6, 6.07) is 11.0. The van der Waals surface area contributed by atoms with Crippen molar-refractivity contribution in [3.05, 3.63) is 58.9 Å². The van der Waals surface area contributed by atoms with E-state index < -0.39 is 0 Å². The summed E-state index contributed by atoms with van der Waals surface area (Å²) < 4.78 is 20.7. The number of nitrogens with zero attached hydrogens (tertiary/aromatic N) is 1. The number of β-amino-alcohol motifs (C(OH)–C–C–N with tert-alkyl or cyclic N) is 1. The Hall–Kier alpha value is -2.54. The topological polar surface area (TPSA) is 65.6 Å². The lowest BCUT2D eigenvalue weighted by molar-refractivity contribution is 0.0742. The number of ether oxygens (including phenoxy) is 1. The van der Waals surface area contributed by atoms with E-state index in [-0.39, 0.29) is 30.9 Å². The molecule has 5 rings (SSSR count). The van der Waals surface area contributed by atoms with Crippen LogP contribution in [0.15, 0.2) is 36.4 Å². The molecule has 3 heterocycles. The molecular formula is C23H23FN2O3. The largest absolute Gasteiger partial charge is 0.395 e. The van der Waals surface area contributed by atoms with E-state index in [0.717, 1.165) is 47.1 Å². The number of hydrogen-bond acceptors (Lipinski definition) is 4. The fraction of sp³-hybridized carbons (Fsp3) is 0.348. The molecule has 0 bridgehead atoms. The number of H-pyrrole nitrogens is 1. The van der Waals surface area contributed by atoms with Crippen LogP contribution in [0.2, 0.25) is 0 Å². The quantitative estimate of drug-likeness (QED) is 0.706. The smallest absolute Gasteiger partial charge is 0.189 e. The van der Waals surface area contributed by atoms with Crippen LogP contribution in [0.25, 0.3) is 22.2 Å². The fourth-order valence-electron chi connectivity index (χ4n) is 4.79. The number of Topliss-reactive ketones (excluding diaryl/α,β-unsaturated/α-hetero) is 1. The standard InChI is InChI=1S/C23H23FN2O3/c24-18-11-14(6-7-15(18)20-5-2-8-26(20)9-10-27)23-17-12-29-13-21(28)16-3-1-4-19(25-23)22(16)17/h1,3-4,6-7,11,20,25,27H,2,5,8-10,12-13H2. The molecule has 1 atom stereocenters. The Morgan fingerprint density at radius 1 is 1.24 bits per heavy atom. The first kappa shape index (κ1) is 18.5. The predicted octanol–water partition coefficient (Wildman–Crippen LogP) is 3.82. The Labute approximate surface area is 168 Å². The first-order valence-electron chi connectivity index (χ1n) is 10.1. The fourth-order valence-corrected chi connectivity index (χ4v) is 4.79. The zero-order valence-electron chi connectivity index (χ0n) is 16.1. The van der Waals surface area contributed by atoms with E-state index in [1.54, 1.807) is 6.07 Å². The zero-order valence-corrected chi connectivity index (χ0v) is 16.1.